The minimum Gasteiger partial charge on any atom is -0.376 e. The van der Waals surface area contributed by atoms with E-state index in [2.05, 4.69) is 10.6 Å². The summed E-state index contributed by atoms with van der Waals surface area (Å²) in [5.41, 5.74) is 1.77. The van der Waals surface area contributed by atoms with Crippen LogP contribution in [0.15, 0.2) is 18.2 Å². The molecule has 5 nitrogen and oxygen atoms in total. The van der Waals surface area contributed by atoms with Crippen molar-refractivity contribution >= 4 is 17.5 Å². The molecule has 1 fully saturated rings. The Morgan fingerprint density at radius 2 is 1.96 bits per heavy atom. The summed E-state index contributed by atoms with van der Waals surface area (Å²) in [4.78, 5) is 23.4. The van der Waals surface area contributed by atoms with E-state index in [1.807, 2.05) is 0 Å². The Morgan fingerprint density at radius 1 is 1.26 bits per heavy atom. The van der Waals surface area contributed by atoms with Gasteiger partial charge in [-0.05, 0) is 37.5 Å². The largest absolute Gasteiger partial charge is 0.405 e. The van der Waals surface area contributed by atoms with Gasteiger partial charge in [0.15, 0.2) is 0 Å². The second-order valence-corrected chi connectivity index (χ2v) is 5.52. The summed E-state index contributed by atoms with van der Waals surface area (Å²) in [6.07, 6.45) is -2.49. The highest BCUT2D eigenvalue weighted by Crippen LogP contribution is 2.21. The zero-order chi connectivity index (χ0) is 17.0. The van der Waals surface area contributed by atoms with Crippen LogP contribution in [0.2, 0.25) is 0 Å². The maximum absolute atomic E-state index is 12.0. The van der Waals surface area contributed by atoms with Gasteiger partial charge in [-0.3, -0.25) is 9.59 Å². The average Bonchev–Trinajstić information content (AvgIpc) is 3.27. The number of halogens is 3. The topological polar surface area (TPSA) is 70.2 Å². The molecule has 0 spiro atoms. The lowest BCUT2D eigenvalue weighted by Crippen LogP contribution is -2.37. The molecule has 1 aromatic rings. The monoisotopic (exact) mass is 329 g/mol. The van der Waals surface area contributed by atoms with Crippen molar-refractivity contribution in [2.24, 2.45) is 0 Å². The van der Waals surface area contributed by atoms with Crippen LogP contribution < -0.4 is 16.0 Å². The van der Waals surface area contributed by atoms with Gasteiger partial charge in [0.2, 0.25) is 5.91 Å². The number of nitrogens with one attached hydrogen (secondary N) is 3. The van der Waals surface area contributed by atoms with Gasteiger partial charge >= 0.3 is 6.18 Å². The van der Waals surface area contributed by atoms with Crippen LogP contribution in [-0.4, -0.2) is 37.1 Å². The van der Waals surface area contributed by atoms with Gasteiger partial charge in [0.1, 0.15) is 6.54 Å². The van der Waals surface area contributed by atoms with Gasteiger partial charge in [0, 0.05) is 17.3 Å². The quantitative estimate of drug-likeness (QED) is 0.747. The molecule has 8 heteroatoms. The Morgan fingerprint density at radius 3 is 2.57 bits per heavy atom. The van der Waals surface area contributed by atoms with Gasteiger partial charge < -0.3 is 16.0 Å². The van der Waals surface area contributed by atoms with Gasteiger partial charge in [0.05, 0.1) is 6.54 Å². The van der Waals surface area contributed by atoms with Crippen LogP contribution >= 0.6 is 0 Å². The number of hydrogen-bond donors (Lipinski definition) is 3. The SMILES string of the molecule is Cc1ccc(C(=O)NC2CC2)cc1NCC(=O)NCC(F)(F)F. The van der Waals surface area contributed by atoms with Crippen molar-refractivity contribution in [3.63, 3.8) is 0 Å². The molecule has 0 radical (unpaired) electrons. The van der Waals surface area contributed by atoms with Crippen LogP contribution in [0.5, 0.6) is 0 Å². The van der Waals surface area contributed by atoms with Crippen LogP contribution in [0.1, 0.15) is 28.8 Å². The highest BCUT2D eigenvalue weighted by Gasteiger charge is 2.27. The fraction of sp³-hybridized carbons (Fsp3) is 0.467. The van der Waals surface area contributed by atoms with E-state index in [1.54, 1.807) is 30.4 Å². The first-order valence-electron chi connectivity index (χ1n) is 7.23. The molecule has 1 saturated carbocycles. The van der Waals surface area contributed by atoms with Crippen LogP contribution in [0.3, 0.4) is 0 Å². The smallest absolute Gasteiger partial charge is 0.376 e. The molecule has 0 heterocycles. The van der Waals surface area contributed by atoms with Crippen molar-refractivity contribution in [3.8, 4) is 0 Å². The third kappa shape index (κ3) is 5.80. The summed E-state index contributed by atoms with van der Waals surface area (Å²) in [7, 11) is 0. The Labute approximate surface area is 131 Å². The van der Waals surface area contributed by atoms with E-state index in [-0.39, 0.29) is 18.5 Å². The Balaban J connectivity index is 1.90. The lowest BCUT2D eigenvalue weighted by atomic mass is 10.1. The predicted octanol–water partition coefficient (Wildman–Crippen LogP) is 1.98. The van der Waals surface area contributed by atoms with E-state index in [0.717, 1.165) is 18.4 Å². The summed E-state index contributed by atoms with van der Waals surface area (Å²) >= 11 is 0. The number of hydrogen-bond acceptors (Lipinski definition) is 3. The number of rotatable bonds is 6. The maximum atomic E-state index is 12.0. The van der Waals surface area contributed by atoms with Gasteiger partial charge in [-0.1, -0.05) is 6.07 Å². The van der Waals surface area contributed by atoms with Gasteiger partial charge in [-0.15, -0.1) is 0 Å². The van der Waals surface area contributed by atoms with Crippen molar-refractivity contribution in [1.82, 2.24) is 10.6 Å². The van der Waals surface area contributed by atoms with E-state index in [4.69, 9.17) is 0 Å². The van der Waals surface area contributed by atoms with Crippen molar-refractivity contribution in [3.05, 3.63) is 29.3 Å². The van der Waals surface area contributed by atoms with Gasteiger partial charge in [-0.2, -0.15) is 13.2 Å². The molecule has 1 aliphatic rings. The molecule has 0 bridgehead atoms. The number of carbonyl (C=O) groups excluding carboxylic acids is 2. The van der Waals surface area contributed by atoms with Crippen molar-refractivity contribution < 1.29 is 22.8 Å². The molecule has 0 saturated heterocycles. The van der Waals surface area contributed by atoms with E-state index >= 15 is 0 Å². The first kappa shape index (κ1) is 17.1. The molecular weight excluding hydrogens is 311 g/mol. The summed E-state index contributed by atoms with van der Waals surface area (Å²) in [5.74, 6) is -0.966. The number of benzene rings is 1. The zero-order valence-electron chi connectivity index (χ0n) is 12.6. The van der Waals surface area contributed by atoms with Crippen molar-refractivity contribution in [2.75, 3.05) is 18.4 Å². The molecule has 2 amide bonds. The Bertz CT molecular complexity index is 598. The summed E-state index contributed by atoms with van der Waals surface area (Å²) < 4.78 is 36.0. The number of aryl methyl sites for hydroxylation is 1. The molecule has 0 aliphatic heterocycles. The highest BCUT2D eigenvalue weighted by molar-refractivity contribution is 5.95. The summed E-state index contributed by atoms with van der Waals surface area (Å²) in [6, 6.07) is 5.21. The summed E-state index contributed by atoms with van der Waals surface area (Å²) in [5, 5.41) is 7.38. The van der Waals surface area contributed by atoms with E-state index in [0.29, 0.717) is 11.3 Å². The number of anilines is 1. The van der Waals surface area contributed by atoms with E-state index in [9.17, 15) is 22.8 Å². The standard InChI is InChI=1S/C15H18F3N3O2/c1-9-2-3-10(14(23)21-11-4-5-11)6-12(9)19-7-13(22)20-8-15(16,17)18/h2-3,6,11,19H,4-5,7-8H2,1H3,(H,20,22)(H,21,23). The second-order valence-electron chi connectivity index (χ2n) is 5.52. The third-order valence-corrected chi connectivity index (χ3v) is 3.34. The molecular formula is C15H18F3N3O2. The fourth-order valence-electron chi connectivity index (χ4n) is 1.89. The molecule has 1 aliphatic carbocycles. The van der Waals surface area contributed by atoms with Gasteiger partial charge in [0.25, 0.3) is 5.91 Å². The zero-order valence-corrected chi connectivity index (χ0v) is 12.6. The van der Waals surface area contributed by atoms with Crippen LogP contribution in [0.25, 0.3) is 0 Å². The Hall–Kier alpha value is -2.25. The molecule has 0 unspecified atom stereocenters. The van der Waals surface area contributed by atoms with Crippen molar-refractivity contribution in [2.45, 2.75) is 32.0 Å². The number of amides is 2. The minimum absolute atomic E-state index is 0.197. The van der Waals surface area contributed by atoms with Gasteiger partial charge in [-0.25, -0.2) is 0 Å². The van der Waals surface area contributed by atoms with Crippen molar-refractivity contribution in [1.29, 1.82) is 0 Å². The van der Waals surface area contributed by atoms with Crippen LogP contribution in [-0.2, 0) is 4.79 Å². The first-order chi connectivity index (χ1) is 10.7. The Kier molecular flexibility index (Phi) is 5.12. The molecule has 2 rings (SSSR count). The minimum atomic E-state index is -4.44. The molecule has 23 heavy (non-hydrogen) atoms. The van der Waals surface area contributed by atoms with Crippen LogP contribution in [0.4, 0.5) is 18.9 Å². The maximum Gasteiger partial charge on any atom is 0.405 e. The fourth-order valence-corrected chi connectivity index (χ4v) is 1.89. The number of alkyl halides is 3. The molecule has 1 aromatic carbocycles. The molecule has 3 N–H and O–H groups in total. The lowest BCUT2D eigenvalue weighted by Gasteiger charge is -2.12. The average molecular weight is 329 g/mol. The van der Waals surface area contributed by atoms with Crippen LogP contribution in [0, 0.1) is 6.92 Å². The van der Waals surface area contributed by atoms with E-state index in [1.165, 1.54) is 0 Å². The lowest BCUT2D eigenvalue weighted by molar-refractivity contribution is -0.137. The first-order valence-corrected chi connectivity index (χ1v) is 7.23. The summed E-state index contributed by atoms with van der Waals surface area (Å²) in [6.45, 7) is 0.111. The molecule has 0 aromatic heterocycles. The second kappa shape index (κ2) is 6.89. The number of carbonyl (C=O) groups is 2. The predicted molar refractivity (Wildman–Crippen MR) is 79.2 cm³/mol. The highest BCUT2D eigenvalue weighted by atomic mass is 19.4. The molecule has 0 atom stereocenters. The normalized spacial score (nSPS) is 14.3. The third-order valence-electron chi connectivity index (χ3n) is 3.34. The van der Waals surface area contributed by atoms with E-state index < -0.39 is 18.6 Å². The molecule has 126 valence electrons.